The Kier molecular flexibility index (Phi) is 4.36. The Balaban J connectivity index is 2.65. The Bertz CT molecular complexity index is 756. The molecule has 122 valence electrons. The normalized spacial score (nSPS) is 10.6. The number of ether oxygens (including phenoxy) is 1. The minimum absolute atomic E-state index is 0.0515. The van der Waals surface area contributed by atoms with Crippen LogP contribution in [0.5, 0.6) is 23.0 Å². The molecule has 0 atom stereocenters. The molecule has 0 amide bonds. The highest BCUT2D eigenvalue weighted by molar-refractivity contribution is 5.95. The second-order valence-electron chi connectivity index (χ2n) is 5.34. The van der Waals surface area contributed by atoms with Gasteiger partial charge >= 0.3 is 5.97 Å². The maximum Gasteiger partial charge on any atom is 0.343 e. The Hall–Kier alpha value is -2.89. The zero-order chi connectivity index (χ0) is 17.3. The fourth-order valence-corrected chi connectivity index (χ4v) is 2.65. The van der Waals surface area contributed by atoms with Crippen LogP contribution < -0.4 is 4.74 Å². The van der Waals surface area contributed by atoms with Gasteiger partial charge in [0.15, 0.2) is 0 Å². The molecule has 23 heavy (non-hydrogen) atoms. The molecule has 4 N–H and O–H groups in total. The number of carboxylic acid groups (broad SMARTS) is 1. The first kappa shape index (κ1) is 16.5. The highest BCUT2D eigenvalue weighted by atomic mass is 16.5. The third-order valence-corrected chi connectivity index (χ3v) is 3.79. The molecule has 0 heterocycles. The molecule has 0 fully saturated rings. The lowest BCUT2D eigenvalue weighted by Gasteiger charge is -2.17. The van der Waals surface area contributed by atoms with Gasteiger partial charge in [0.25, 0.3) is 0 Å². The molecule has 6 nitrogen and oxygen atoms in total. The highest BCUT2D eigenvalue weighted by Gasteiger charge is 2.23. The van der Waals surface area contributed by atoms with Crippen molar-refractivity contribution >= 4 is 5.97 Å². The number of carboxylic acids is 1. The van der Waals surface area contributed by atoms with Gasteiger partial charge < -0.3 is 25.2 Å². The first-order chi connectivity index (χ1) is 10.8. The van der Waals surface area contributed by atoms with Crippen molar-refractivity contribution in [2.45, 2.75) is 20.3 Å². The zero-order valence-electron chi connectivity index (χ0n) is 13.0. The number of carbonyl (C=O) groups is 1. The van der Waals surface area contributed by atoms with Gasteiger partial charge in [-0.25, -0.2) is 4.79 Å². The number of aromatic hydroxyl groups is 3. The van der Waals surface area contributed by atoms with Crippen LogP contribution in [0.4, 0.5) is 0 Å². The van der Waals surface area contributed by atoms with Crippen molar-refractivity contribution in [3.63, 3.8) is 0 Å². The minimum atomic E-state index is -1.30. The second kappa shape index (κ2) is 6.08. The summed E-state index contributed by atoms with van der Waals surface area (Å²) in [7, 11) is 1.33. The fraction of sp³-hybridized carbons (Fsp3) is 0.235. The summed E-state index contributed by atoms with van der Waals surface area (Å²) < 4.78 is 5.20. The largest absolute Gasteiger partial charge is 0.508 e. The van der Waals surface area contributed by atoms with E-state index < -0.39 is 5.97 Å². The average Bonchev–Trinajstić information content (AvgIpc) is 2.43. The van der Waals surface area contributed by atoms with Gasteiger partial charge in [-0.15, -0.1) is 0 Å². The molecule has 0 aromatic heterocycles. The lowest BCUT2D eigenvalue weighted by atomic mass is 9.93. The lowest BCUT2D eigenvalue weighted by molar-refractivity contribution is 0.0689. The van der Waals surface area contributed by atoms with Crippen molar-refractivity contribution in [2.75, 3.05) is 7.11 Å². The average molecular weight is 318 g/mol. The third-order valence-electron chi connectivity index (χ3n) is 3.79. The molecule has 2 aromatic carbocycles. The second-order valence-corrected chi connectivity index (χ2v) is 5.34. The van der Waals surface area contributed by atoms with Gasteiger partial charge in [-0.3, -0.25) is 0 Å². The lowest BCUT2D eigenvalue weighted by Crippen LogP contribution is -2.07. The van der Waals surface area contributed by atoms with Gasteiger partial charge in [-0.1, -0.05) is 0 Å². The molecule has 0 unspecified atom stereocenters. The van der Waals surface area contributed by atoms with E-state index in [0.717, 1.165) is 0 Å². The fourth-order valence-electron chi connectivity index (χ4n) is 2.65. The van der Waals surface area contributed by atoms with E-state index in [0.29, 0.717) is 22.3 Å². The van der Waals surface area contributed by atoms with Crippen LogP contribution in [-0.4, -0.2) is 33.5 Å². The number of hydrogen-bond acceptors (Lipinski definition) is 5. The summed E-state index contributed by atoms with van der Waals surface area (Å²) in [5.41, 5.74) is 2.08. The highest BCUT2D eigenvalue weighted by Crippen LogP contribution is 2.38. The van der Waals surface area contributed by atoms with Crippen molar-refractivity contribution in [3.05, 3.63) is 46.0 Å². The van der Waals surface area contributed by atoms with Crippen LogP contribution in [0.2, 0.25) is 0 Å². The van der Waals surface area contributed by atoms with Crippen LogP contribution in [0.15, 0.2) is 18.2 Å². The summed E-state index contributed by atoms with van der Waals surface area (Å²) in [6.45, 7) is 3.45. The van der Waals surface area contributed by atoms with E-state index >= 15 is 0 Å². The van der Waals surface area contributed by atoms with Gasteiger partial charge in [0.2, 0.25) is 0 Å². The smallest absolute Gasteiger partial charge is 0.343 e. The van der Waals surface area contributed by atoms with Gasteiger partial charge in [0, 0.05) is 23.6 Å². The maximum absolute atomic E-state index is 11.4. The summed E-state index contributed by atoms with van der Waals surface area (Å²) in [6, 6.07) is 4.09. The van der Waals surface area contributed by atoms with E-state index in [9.17, 15) is 25.2 Å². The summed E-state index contributed by atoms with van der Waals surface area (Å²) >= 11 is 0. The van der Waals surface area contributed by atoms with E-state index in [2.05, 4.69) is 0 Å². The monoisotopic (exact) mass is 318 g/mol. The topological polar surface area (TPSA) is 107 Å². The molecule has 2 rings (SSSR count). The molecular formula is C17H18O6. The van der Waals surface area contributed by atoms with Crippen LogP contribution in [0.3, 0.4) is 0 Å². The molecule has 2 aromatic rings. The quantitative estimate of drug-likeness (QED) is 0.690. The van der Waals surface area contributed by atoms with E-state index in [-0.39, 0.29) is 35.0 Å². The summed E-state index contributed by atoms with van der Waals surface area (Å²) in [4.78, 5) is 11.4. The van der Waals surface area contributed by atoms with E-state index in [1.807, 2.05) is 0 Å². The number of aromatic carboxylic acids is 1. The van der Waals surface area contributed by atoms with Crippen LogP contribution in [-0.2, 0) is 6.42 Å². The molecule has 0 saturated heterocycles. The van der Waals surface area contributed by atoms with Crippen LogP contribution >= 0.6 is 0 Å². The number of rotatable bonds is 4. The van der Waals surface area contributed by atoms with Crippen LogP contribution in [0, 0.1) is 13.8 Å². The molecule has 0 saturated carbocycles. The molecule has 0 spiro atoms. The van der Waals surface area contributed by atoms with Crippen molar-refractivity contribution in [3.8, 4) is 23.0 Å². The minimum Gasteiger partial charge on any atom is -0.508 e. The molecule has 0 radical (unpaired) electrons. The first-order valence-electron chi connectivity index (χ1n) is 6.90. The summed E-state index contributed by atoms with van der Waals surface area (Å²) in [6.07, 6.45) is 0.202. The van der Waals surface area contributed by atoms with E-state index in [4.69, 9.17) is 4.74 Å². The Morgan fingerprint density at radius 1 is 1.00 bits per heavy atom. The van der Waals surface area contributed by atoms with Gasteiger partial charge in [-0.05, 0) is 37.1 Å². The molecule has 0 aliphatic carbocycles. The summed E-state index contributed by atoms with van der Waals surface area (Å²) in [5.74, 6) is -1.75. The predicted molar refractivity (Wildman–Crippen MR) is 83.7 cm³/mol. The Morgan fingerprint density at radius 2 is 1.61 bits per heavy atom. The van der Waals surface area contributed by atoms with Crippen molar-refractivity contribution in [1.82, 2.24) is 0 Å². The number of benzene rings is 2. The molecule has 6 heteroatoms. The van der Waals surface area contributed by atoms with Crippen molar-refractivity contribution in [2.24, 2.45) is 0 Å². The van der Waals surface area contributed by atoms with Crippen LogP contribution in [0.25, 0.3) is 0 Å². The van der Waals surface area contributed by atoms with Gasteiger partial charge in [-0.2, -0.15) is 0 Å². The molecule has 0 aliphatic rings. The zero-order valence-corrected chi connectivity index (χ0v) is 13.0. The molecule has 0 aliphatic heterocycles. The first-order valence-corrected chi connectivity index (χ1v) is 6.90. The number of hydrogen-bond donors (Lipinski definition) is 4. The van der Waals surface area contributed by atoms with E-state index in [1.165, 1.54) is 25.3 Å². The molecular weight excluding hydrogens is 300 g/mol. The molecule has 0 bridgehead atoms. The maximum atomic E-state index is 11.4. The Labute approximate surface area is 133 Å². The predicted octanol–water partition coefficient (Wildman–Crippen LogP) is 2.72. The van der Waals surface area contributed by atoms with Crippen LogP contribution in [0.1, 0.15) is 32.6 Å². The third kappa shape index (κ3) is 3.01. The Morgan fingerprint density at radius 3 is 2.13 bits per heavy atom. The van der Waals surface area contributed by atoms with Gasteiger partial charge in [0.05, 0.1) is 7.11 Å². The summed E-state index contributed by atoms with van der Waals surface area (Å²) in [5, 5.41) is 38.7. The SMILES string of the molecule is COc1c(Cc2c(C)cc(O)cc2O)c(C)cc(O)c1C(=O)O. The number of aryl methyl sites for hydroxylation is 2. The number of methoxy groups -OCH3 is 1. The van der Waals surface area contributed by atoms with Gasteiger partial charge in [0.1, 0.15) is 28.6 Å². The van der Waals surface area contributed by atoms with Crippen molar-refractivity contribution < 1.29 is 30.0 Å². The van der Waals surface area contributed by atoms with Crippen molar-refractivity contribution in [1.29, 1.82) is 0 Å². The number of phenols is 3. The standard InChI is InChI=1S/C17H18O6/c1-8-4-10(18)6-13(19)11(8)7-12-9(2)5-14(20)15(17(21)22)16(12)23-3/h4-6,18-20H,7H2,1-3H3,(H,21,22). The number of phenolic OH excluding ortho intramolecular Hbond substituents is 2. The van der Waals surface area contributed by atoms with E-state index in [1.54, 1.807) is 13.8 Å².